The van der Waals surface area contributed by atoms with Crippen LogP contribution in [0.5, 0.6) is 11.5 Å². The number of furan rings is 1. The van der Waals surface area contributed by atoms with Crippen LogP contribution < -0.4 is 10.4 Å². The molecule has 3 aliphatic carbocycles. The maximum atomic E-state index is 13.3. The Labute approximate surface area is 235 Å². The van der Waals surface area contributed by atoms with Crippen molar-refractivity contribution in [1.29, 1.82) is 0 Å². The van der Waals surface area contributed by atoms with E-state index in [0.29, 0.717) is 38.0 Å². The fraction of sp³-hybridized carbons (Fsp3) is 0.433. The average Bonchev–Trinajstić information content (AvgIpc) is 3.71. The van der Waals surface area contributed by atoms with Gasteiger partial charge in [-0.2, -0.15) is 0 Å². The first kappa shape index (κ1) is 25.0. The molecule has 3 atom stereocenters. The molecule has 39 heavy (non-hydrogen) atoms. The lowest BCUT2D eigenvalue weighted by molar-refractivity contribution is -0.124. The first-order valence-electron chi connectivity index (χ1n) is 13.8. The number of carbonyl (C=O) groups excluding carboxylic acids is 1. The van der Waals surface area contributed by atoms with E-state index >= 15 is 0 Å². The zero-order chi connectivity index (χ0) is 26.7. The van der Waals surface area contributed by atoms with Crippen molar-refractivity contribution >= 4 is 51.3 Å². The highest BCUT2D eigenvalue weighted by molar-refractivity contribution is 8.26. The van der Waals surface area contributed by atoms with Crippen LogP contribution in [0, 0.1) is 11.8 Å². The fourth-order valence-corrected chi connectivity index (χ4v) is 8.17. The van der Waals surface area contributed by atoms with Crippen molar-refractivity contribution in [3.63, 3.8) is 0 Å². The molecule has 2 bridgehead atoms. The number of ether oxygens (including phenoxy) is 1. The minimum atomic E-state index is -0.710. The van der Waals surface area contributed by atoms with Crippen molar-refractivity contribution in [2.45, 2.75) is 69.9 Å². The summed E-state index contributed by atoms with van der Waals surface area (Å²) in [7, 11) is 0. The van der Waals surface area contributed by atoms with Gasteiger partial charge in [0.2, 0.25) is 0 Å². The maximum absolute atomic E-state index is 13.3. The van der Waals surface area contributed by atoms with Crippen LogP contribution in [0.1, 0.15) is 63.5 Å². The van der Waals surface area contributed by atoms with E-state index in [1.807, 2.05) is 0 Å². The Kier molecular flexibility index (Phi) is 6.31. The summed E-state index contributed by atoms with van der Waals surface area (Å²) < 4.78 is 18.2. The van der Waals surface area contributed by atoms with Crippen molar-refractivity contribution in [3.8, 4) is 22.8 Å². The van der Waals surface area contributed by atoms with Crippen LogP contribution >= 0.6 is 24.0 Å². The minimum absolute atomic E-state index is 0.0578. The molecule has 1 aromatic carbocycles. The number of hydrogen-bond acceptors (Lipinski definition) is 8. The van der Waals surface area contributed by atoms with E-state index in [2.05, 4.69) is 0 Å². The summed E-state index contributed by atoms with van der Waals surface area (Å²) in [6.45, 7) is 0. The molecule has 7 nitrogen and oxygen atoms in total. The van der Waals surface area contributed by atoms with Gasteiger partial charge in [0.05, 0.1) is 16.4 Å². The number of thiocarbonyl (C=S) groups is 1. The van der Waals surface area contributed by atoms with Crippen molar-refractivity contribution in [2.24, 2.45) is 11.8 Å². The van der Waals surface area contributed by atoms with Gasteiger partial charge in [0.15, 0.2) is 0 Å². The van der Waals surface area contributed by atoms with Crippen LogP contribution in [-0.2, 0) is 4.79 Å². The number of hydrogen-bond donors (Lipinski definition) is 1. The van der Waals surface area contributed by atoms with Gasteiger partial charge in [-0.15, -0.1) is 0 Å². The number of thioether (sulfide) groups is 1. The van der Waals surface area contributed by atoms with Crippen molar-refractivity contribution < 1.29 is 23.5 Å². The predicted octanol–water partition coefficient (Wildman–Crippen LogP) is 6.86. The van der Waals surface area contributed by atoms with Gasteiger partial charge >= 0.3 is 5.63 Å². The third kappa shape index (κ3) is 4.49. The summed E-state index contributed by atoms with van der Waals surface area (Å²) in [4.78, 5) is 28.5. The van der Waals surface area contributed by atoms with E-state index in [1.54, 1.807) is 41.3 Å². The number of rotatable bonds is 5. The Morgan fingerprint density at radius 2 is 1.87 bits per heavy atom. The number of carbonyl (C=O) groups is 1. The summed E-state index contributed by atoms with van der Waals surface area (Å²) in [6, 6.07) is 8.60. The maximum Gasteiger partial charge on any atom is 0.351 e. The lowest BCUT2D eigenvalue weighted by atomic mass is 9.94. The summed E-state index contributed by atoms with van der Waals surface area (Å²) >= 11 is 6.86. The van der Waals surface area contributed by atoms with Gasteiger partial charge in [0.25, 0.3) is 5.91 Å². The van der Waals surface area contributed by atoms with Crippen LogP contribution in [0.4, 0.5) is 0 Å². The summed E-state index contributed by atoms with van der Waals surface area (Å²) in [5.41, 5.74) is -0.512. The second-order valence-electron chi connectivity index (χ2n) is 11.1. The topological polar surface area (TPSA) is 93.1 Å². The summed E-state index contributed by atoms with van der Waals surface area (Å²) in [5, 5.41) is 11.4. The van der Waals surface area contributed by atoms with Gasteiger partial charge in [0.1, 0.15) is 38.5 Å². The molecule has 1 aliphatic heterocycles. The van der Waals surface area contributed by atoms with E-state index in [0.717, 1.165) is 32.1 Å². The van der Waals surface area contributed by atoms with Crippen LogP contribution in [0.3, 0.4) is 0 Å². The Bertz CT molecular complexity index is 1570. The van der Waals surface area contributed by atoms with E-state index in [4.69, 9.17) is 25.8 Å². The number of amides is 1. The Balaban J connectivity index is 1.14. The minimum Gasteiger partial charge on any atom is -0.506 e. The number of aromatic hydroxyl groups is 1. The van der Waals surface area contributed by atoms with Gasteiger partial charge in [-0.3, -0.25) is 9.69 Å². The Hall–Kier alpha value is -3.04. The van der Waals surface area contributed by atoms with E-state index in [1.165, 1.54) is 37.4 Å². The molecule has 0 radical (unpaired) electrons. The molecular formula is C30H29NO6S2. The van der Waals surface area contributed by atoms with E-state index < -0.39 is 5.63 Å². The molecule has 3 aromatic rings. The van der Waals surface area contributed by atoms with Gasteiger partial charge < -0.3 is 18.7 Å². The molecule has 9 heteroatoms. The van der Waals surface area contributed by atoms with Gasteiger partial charge in [-0.05, 0) is 81.0 Å². The SMILES string of the molecule is O=C1/C(=C/c2ccc(-c3c(O)c4ccc(OC5CCCCC5)cc4oc3=O)o2)SC(=S)N1C1CC2CCC1C2. The van der Waals surface area contributed by atoms with Crippen molar-refractivity contribution in [2.75, 3.05) is 0 Å². The van der Waals surface area contributed by atoms with E-state index in [-0.39, 0.29) is 40.7 Å². The molecule has 1 N–H and O–H groups in total. The predicted molar refractivity (Wildman–Crippen MR) is 154 cm³/mol. The molecule has 7 rings (SSSR count). The molecule has 3 saturated carbocycles. The fourth-order valence-electron chi connectivity index (χ4n) is 6.82. The summed E-state index contributed by atoms with van der Waals surface area (Å²) in [5.74, 6) is 2.13. The summed E-state index contributed by atoms with van der Waals surface area (Å²) in [6.07, 6.45) is 12.0. The third-order valence-corrected chi connectivity index (χ3v) is 10.0. The quantitative estimate of drug-likeness (QED) is 0.204. The second kappa shape index (κ2) is 9.86. The highest BCUT2D eigenvalue weighted by Crippen LogP contribution is 2.49. The van der Waals surface area contributed by atoms with E-state index in [9.17, 15) is 14.7 Å². The number of nitrogens with zero attached hydrogens (tertiary/aromatic N) is 1. The zero-order valence-corrected chi connectivity index (χ0v) is 23.0. The smallest absolute Gasteiger partial charge is 0.351 e. The average molecular weight is 564 g/mol. The molecular weight excluding hydrogens is 534 g/mol. The largest absolute Gasteiger partial charge is 0.506 e. The van der Waals surface area contributed by atoms with Gasteiger partial charge in [-0.25, -0.2) is 4.79 Å². The van der Waals surface area contributed by atoms with Crippen molar-refractivity contribution in [1.82, 2.24) is 4.90 Å². The van der Waals surface area contributed by atoms with Crippen LogP contribution in [-0.4, -0.2) is 32.4 Å². The molecule has 202 valence electrons. The standard InChI is InChI=1S/C30H29NO6S2/c32-27-21-10-8-19(35-18-4-2-1-3-5-18)14-24(21)37-29(34)26(27)23-11-9-20(36-23)15-25-28(33)31(30(38)39-25)22-13-16-6-7-17(22)12-16/h8-11,14-18,22,32H,1-7,12-13H2/b25-15-. The first-order chi connectivity index (χ1) is 18.9. The Morgan fingerprint density at radius 3 is 2.64 bits per heavy atom. The van der Waals surface area contributed by atoms with Gasteiger partial charge in [-0.1, -0.05) is 36.8 Å². The molecule has 1 saturated heterocycles. The monoisotopic (exact) mass is 563 g/mol. The highest BCUT2D eigenvalue weighted by atomic mass is 32.2. The van der Waals surface area contributed by atoms with Crippen LogP contribution in [0.2, 0.25) is 0 Å². The van der Waals surface area contributed by atoms with Gasteiger partial charge in [0, 0.05) is 18.2 Å². The molecule has 4 fully saturated rings. The number of benzene rings is 1. The molecule has 0 spiro atoms. The normalized spacial score (nSPS) is 26.4. The first-order valence-corrected chi connectivity index (χ1v) is 15.0. The third-order valence-electron chi connectivity index (χ3n) is 8.71. The zero-order valence-electron chi connectivity index (χ0n) is 21.4. The molecule has 3 unspecified atom stereocenters. The molecule has 1 amide bonds. The Morgan fingerprint density at radius 1 is 1.03 bits per heavy atom. The lowest BCUT2D eigenvalue weighted by Gasteiger charge is -2.30. The van der Waals surface area contributed by atoms with Crippen molar-refractivity contribution in [3.05, 3.63) is 51.4 Å². The van der Waals surface area contributed by atoms with Crippen LogP contribution in [0.15, 0.2) is 48.9 Å². The van der Waals surface area contributed by atoms with Crippen LogP contribution in [0.25, 0.3) is 28.4 Å². The second-order valence-corrected chi connectivity index (χ2v) is 12.8. The number of fused-ring (bicyclic) bond motifs is 3. The lowest BCUT2D eigenvalue weighted by Crippen LogP contribution is -2.41. The molecule has 3 heterocycles. The molecule has 2 aromatic heterocycles. The highest BCUT2D eigenvalue weighted by Gasteiger charge is 2.48. The molecule has 4 aliphatic rings.